The Morgan fingerprint density at radius 1 is 1.47 bits per heavy atom. The Morgan fingerprint density at radius 2 is 2.18 bits per heavy atom. The van der Waals surface area contributed by atoms with Gasteiger partial charge in [-0.3, -0.25) is 4.79 Å². The summed E-state index contributed by atoms with van der Waals surface area (Å²) in [5.41, 5.74) is 5.73. The van der Waals surface area contributed by atoms with Crippen LogP contribution in [0.25, 0.3) is 0 Å². The standard InChI is InChI=1S/C12H23NO3S/c1-2-16-12(15)9(13)8-17-11-7-5-3-4-6-10(11)14/h9-11,14H,2-8,13H2,1H3. The van der Waals surface area contributed by atoms with Gasteiger partial charge in [0.05, 0.1) is 12.7 Å². The topological polar surface area (TPSA) is 72.5 Å². The van der Waals surface area contributed by atoms with Crippen LogP contribution in [0.15, 0.2) is 0 Å². The molecule has 0 radical (unpaired) electrons. The molecule has 0 aromatic heterocycles. The number of carbonyl (C=O) groups excluding carboxylic acids is 1. The van der Waals surface area contributed by atoms with Gasteiger partial charge >= 0.3 is 5.97 Å². The Bertz CT molecular complexity index is 238. The van der Waals surface area contributed by atoms with Gasteiger partial charge in [-0.25, -0.2) is 0 Å². The summed E-state index contributed by atoms with van der Waals surface area (Å²) in [5.74, 6) is 0.184. The van der Waals surface area contributed by atoms with E-state index in [1.807, 2.05) is 0 Å². The molecule has 0 aromatic rings. The van der Waals surface area contributed by atoms with Crippen molar-refractivity contribution in [2.75, 3.05) is 12.4 Å². The van der Waals surface area contributed by atoms with E-state index in [-0.39, 0.29) is 17.3 Å². The first kappa shape index (κ1) is 14.8. The van der Waals surface area contributed by atoms with Crippen LogP contribution in [0.4, 0.5) is 0 Å². The number of nitrogens with two attached hydrogens (primary N) is 1. The smallest absolute Gasteiger partial charge is 0.323 e. The highest BCUT2D eigenvalue weighted by Gasteiger charge is 2.24. The molecule has 4 nitrogen and oxygen atoms in total. The minimum Gasteiger partial charge on any atom is -0.465 e. The maximum atomic E-state index is 11.3. The number of carbonyl (C=O) groups is 1. The van der Waals surface area contributed by atoms with Gasteiger partial charge in [0, 0.05) is 11.0 Å². The summed E-state index contributed by atoms with van der Waals surface area (Å²) in [6.45, 7) is 2.13. The molecule has 3 N–H and O–H groups in total. The highest BCUT2D eigenvalue weighted by atomic mass is 32.2. The van der Waals surface area contributed by atoms with Crippen molar-refractivity contribution in [3.63, 3.8) is 0 Å². The summed E-state index contributed by atoms with van der Waals surface area (Å²) >= 11 is 1.61. The first-order valence-electron chi connectivity index (χ1n) is 6.37. The van der Waals surface area contributed by atoms with Gasteiger partial charge in [0.15, 0.2) is 0 Å². The van der Waals surface area contributed by atoms with E-state index in [1.54, 1.807) is 18.7 Å². The predicted octanol–water partition coefficient (Wildman–Crippen LogP) is 1.30. The molecule has 0 spiro atoms. The minimum absolute atomic E-state index is 0.220. The third-order valence-corrected chi connectivity index (χ3v) is 4.53. The second-order valence-corrected chi connectivity index (χ2v) is 5.71. The zero-order valence-corrected chi connectivity index (χ0v) is 11.2. The SMILES string of the molecule is CCOC(=O)C(N)CSC1CCCCCC1O. The van der Waals surface area contributed by atoms with E-state index in [0.717, 1.165) is 25.7 Å². The van der Waals surface area contributed by atoms with Crippen LogP contribution in [0.5, 0.6) is 0 Å². The monoisotopic (exact) mass is 261 g/mol. The number of ether oxygens (including phenoxy) is 1. The highest BCUT2D eigenvalue weighted by molar-refractivity contribution is 8.00. The maximum Gasteiger partial charge on any atom is 0.323 e. The van der Waals surface area contributed by atoms with E-state index >= 15 is 0 Å². The molecular weight excluding hydrogens is 238 g/mol. The molecule has 1 rings (SSSR count). The van der Waals surface area contributed by atoms with Gasteiger partial charge in [-0.2, -0.15) is 11.8 Å². The summed E-state index contributed by atoms with van der Waals surface area (Å²) in [6.07, 6.45) is 5.08. The van der Waals surface area contributed by atoms with Crippen molar-refractivity contribution in [1.29, 1.82) is 0 Å². The molecular formula is C12H23NO3S. The van der Waals surface area contributed by atoms with Gasteiger partial charge in [0.1, 0.15) is 6.04 Å². The van der Waals surface area contributed by atoms with E-state index in [4.69, 9.17) is 10.5 Å². The number of hydrogen-bond donors (Lipinski definition) is 2. The number of aliphatic hydroxyl groups is 1. The molecule has 1 saturated carbocycles. The molecule has 3 unspecified atom stereocenters. The van der Waals surface area contributed by atoms with Crippen LogP contribution in [-0.2, 0) is 9.53 Å². The molecule has 5 heteroatoms. The number of esters is 1. The molecule has 1 aliphatic carbocycles. The average Bonchev–Trinajstić information content (AvgIpc) is 2.51. The van der Waals surface area contributed by atoms with Crippen LogP contribution < -0.4 is 5.73 Å². The van der Waals surface area contributed by atoms with E-state index in [0.29, 0.717) is 12.4 Å². The van der Waals surface area contributed by atoms with Crippen molar-refractivity contribution in [3.8, 4) is 0 Å². The summed E-state index contributed by atoms with van der Waals surface area (Å²) in [5, 5.41) is 10.1. The van der Waals surface area contributed by atoms with Gasteiger partial charge in [-0.1, -0.05) is 19.3 Å². The Hall–Kier alpha value is -0.260. The Morgan fingerprint density at radius 3 is 2.88 bits per heavy atom. The van der Waals surface area contributed by atoms with E-state index in [1.165, 1.54) is 6.42 Å². The van der Waals surface area contributed by atoms with Crippen molar-refractivity contribution in [2.24, 2.45) is 5.73 Å². The van der Waals surface area contributed by atoms with Crippen molar-refractivity contribution in [1.82, 2.24) is 0 Å². The number of rotatable bonds is 5. The second-order valence-electron chi connectivity index (χ2n) is 4.44. The van der Waals surface area contributed by atoms with Crippen LogP contribution in [0.2, 0.25) is 0 Å². The van der Waals surface area contributed by atoms with Crippen molar-refractivity contribution >= 4 is 17.7 Å². The molecule has 0 heterocycles. The fourth-order valence-corrected chi connectivity index (χ4v) is 3.28. The first-order chi connectivity index (χ1) is 8.15. The van der Waals surface area contributed by atoms with E-state index in [2.05, 4.69) is 0 Å². The lowest BCUT2D eigenvalue weighted by Gasteiger charge is -2.21. The van der Waals surface area contributed by atoms with Crippen LogP contribution in [0.3, 0.4) is 0 Å². The Balaban J connectivity index is 2.30. The third-order valence-electron chi connectivity index (χ3n) is 3.00. The van der Waals surface area contributed by atoms with Crippen LogP contribution in [0.1, 0.15) is 39.0 Å². The van der Waals surface area contributed by atoms with Crippen molar-refractivity contribution < 1.29 is 14.6 Å². The lowest BCUT2D eigenvalue weighted by molar-refractivity contribution is -0.144. The quantitative estimate of drug-likeness (QED) is 0.576. The van der Waals surface area contributed by atoms with Gasteiger partial charge in [-0.05, 0) is 19.8 Å². The van der Waals surface area contributed by atoms with Gasteiger partial charge in [-0.15, -0.1) is 0 Å². The molecule has 1 fully saturated rings. The van der Waals surface area contributed by atoms with Gasteiger partial charge < -0.3 is 15.6 Å². The molecule has 1 aliphatic rings. The largest absolute Gasteiger partial charge is 0.465 e. The number of thioether (sulfide) groups is 1. The normalized spacial score (nSPS) is 27.2. The molecule has 0 amide bonds. The zero-order valence-electron chi connectivity index (χ0n) is 10.4. The maximum absolute atomic E-state index is 11.3. The van der Waals surface area contributed by atoms with Crippen LogP contribution in [0, 0.1) is 0 Å². The van der Waals surface area contributed by atoms with Crippen molar-refractivity contribution in [3.05, 3.63) is 0 Å². The minimum atomic E-state index is -0.574. The van der Waals surface area contributed by atoms with E-state index in [9.17, 15) is 9.90 Å². The fourth-order valence-electron chi connectivity index (χ4n) is 1.99. The fraction of sp³-hybridized carbons (Fsp3) is 0.917. The first-order valence-corrected chi connectivity index (χ1v) is 7.42. The Labute approximate surface area is 107 Å². The average molecular weight is 261 g/mol. The summed E-state index contributed by atoms with van der Waals surface area (Å²) in [7, 11) is 0. The summed E-state index contributed by atoms with van der Waals surface area (Å²) in [4.78, 5) is 11.3. The lowest BCUT2D eigenvalue weighted by atomic mass is 10.1. The van der Waals surface area contributed by atoms with Crippen molar-refractivity contribution in [2.45, 2.75) is 56.4 Å². The summed E-state index contributed by atoms with van der Waals surface area (Å²) in [6, 6.07) is -0.574. The molecule has 3 atom stereocenters. The molecule has 17 heavy (non-hydrogen) atoms. The predicted molar refractivity (Wildman–Crippen MR) is 69.9 cm³/mol. The van der Waals surface area contributed by atoms with Gasteiger partial charge in [0.2, 0.25) is 0 Å². The van der Waals surface area contributed by atoms with Crippen LogP contribution >= 0.6 is 11.8 Å². The highest BCUT2D eigenvalue weighted by Crippen LogP contribution is 2.28. The van der Waals surface area contributed by atoms with Crippen LogP contribution in [-0.4, -0.2) is 40.8 Å². The molecule has 0 aromatic carbocycles. The Kier molecular flexibility index (Phi) is 6.92. The zero-order chi connectivity index (χ0) is 12.7. The molecule has 0 bridgehead atoms. The second kappa shape index (κ2) is 7.95. The number of hydrogen-bond acceptors (Lipinski definition) is 5. The number of aliphatic hydroxyl groups excluding tert-OH is 1. The van der Waals surface area contributed by atoms with Gasteiger partial charge in [0.25, 0.3) is 0 Å². The molecule has 0 saturated heterocycles. The third kappa shape index (κ3) is 5.27. The molecule has 100 valence electrons. The van der Waals surface area contributed by atoms with E-state index < -0.39 is 6.04 Å². The molecule has 0 aliphatic heterocycles. The lowest BCUT2D eigenvalue weighted by Crippen LogP contribution is -2.36. The summed E-state index contributed by atoms with van der Waals surface area (Å²) < 4.78 is 4.86.